The molecule has 21 heavy (non-hydrogen) atoms. The Bertz CT molecular complexity index is 470. The summed E-state index contributed by atoms with van der Waals surface area (Å²) >= 11 is 0. The van der Waals surface area contributed by atoms with Gasteiger partial charge in [-0.1, -0.05) is 36.8 Å². The van der Waals surface area contributed by atoms with Gasteiger partial charge in [-0.05, 0) is 25.8 Å². The highest BCUT2D eigenvalue weighted by Gasteiger charge is 2.25. The number of amides is 1. The van der Waals surface area contributed by atoms with Crippen LogP contribution >= 0.6 is 0 Å². The molecule has 1 aromatic rings. The molecular formula is C17H26N2O2. The van der Waals surface area contributed by atoms with E-state index in [-0.39, 0.29) is 18.0 Å². The minimum Gasteiger partial charge on any atom is -0.378 e. The zero-order valence-electron chi connectivity index (χ0n) is 13.3. The molecule has 2 atom stereocenters. The first kappa shape index (κ1) is 16.0. The van der Waals surface area contributed by atoms with Crippen molar-refractivity contribution in [3.63, 3.8) is 0 Å². The molecule has 0 spiro atoms. The summed E-state index contributed by atoms with van der Waals surface area (Å²) in [5, 5.41) is 3.48. The van der Waals surface area contributed by atoms with Crippen molar-refractivity contribution in [3.05, 3.63) is 35.4 Å². The molecule has 2 rings (SSSR count). The van der Waals surface area contributed by atoms with Gasteiger partial charge in [-0.15, -0.1) is 0 Å². The highest BCUT2D eigenvalue weighted by molar-refractivity contribution is 5.82. The van der Waals surface area contributed by atoms with Gasteiger partial charge in [-0.25, -0.2) is 0 Å². The first-order valence-corrected chi connectivity index (χ1v) is 7.81. The fraction of sp³-hybridized carbons (Fsp3) is 0.588. The monoisotopic (exact) mass is 290 g/mol. The molecule has 1 aliphatic rings. The molecule has 1 N–H and O–H groups in total. The summed E-state index contributed by atoms with van der Waals surface area (Å²) in [6.45, 7) is 8.96. The quantitative estimate of drug-likeness (QED) is 0.904. The molecule has 1 amide bonds. The maximum Gasteiger partial charge on any atom is 0.239 e. The Morgan fingerprint density at radius 3 is 2.71 bits per heavy atom. The van der Waals surface area contributed by atoms with E-state index < -0.39 is 0 Å². The molecule has 4 nitrogen and oxygen atoms in total. The van der Waals surface area contributed by atoms with E-state index in [0.29, 0.717) is 26.3 Å². The second-order valence-corrected chi connectivity index (χ2v) is 5.70. The van der Waals surface area contributed by atoms with E-state index in [1.807, 2.05) is 4.90 Å². The number of hydrogen-bond acceptors (Lipinski definition) is 3. The van der Waals surface area contributed by atoms with Gasteiger partial charge in [0.25, 0.3) is 0 Å². The summed E-state index contributed by atoms with van der Waals surface area (Å²) < 4.78 is 5.31. The third-order valence-electron chi connectivity index (χ3n) is 4.02. The van der Waals surface area contributed by atoms with Gasteiger partial charge >= 0.3 is 0 Å². The molecule has 1 aliphatic heterocycles. The molecule has 1 heterocycles. The SMILES string of the molecule is CC[C@@H](N[C@H](C)c1cccc(C)c1)C(=O)N1CCOCC1. The fourth-order valence-corrected chi connectivity index (χ4v) is 2.71. The maximum absolute atomic E-state index is 12.6. The maximum atomic E-state index is 12.6. The van der Waals surface area contributed by atoms with Crippen molar-refractivity contribution in [3.8, 4) is 0 Å². The van der Waals surface area contributed by atoms with Crippen molar-refractivity contribution < 1.29 is 9.53 Å². The minimum atomic E-state index is -0.126. The summed E-state index contributed by atoms with van der Waals surface area (Å²) in [6, 6.07) is 8.47. The predicted molar refractivity (Wildman–Crippen MR) is 84.2 cm³/mol. The highest BCUT2D eigenvalue weighted by Crippen LogP contribution is 2.16. The second-order valence-electron chi connectivity index (χ2n) is 5.70. The van der Waals surface area contributed by atoms with E-state index >= 15 is 0 Å². The Hall–Kier alpha value is -1.39. The number of ether oxygens (including phenoxy) is 1. The van der Waals surface area contributed by atoms with Gasteiger partial charge in [0, 0.05) is 19.1 Å². The molecule has 0 bridgehead atoms. The highest BCUT2D eigenvalue weighted by atomic mass is 16.5. The van der Waals surface area contributed by atoms with Gasteiger partial charge in [-0.2, -0.15) is 0 Å². The molecule has 0 unspecified atom stereocenters. The number of rotatable bonds is 5. The molecule has 4 heteroatoms. The predicted octanol–water partition coefficient (Wildman–Crippen LogP) is 2.28. The van der Waals surface area contributed by atoms with Gasteiger partial charge in [0.05, 0.1) is 19.3 Å². The number of carbonyl (C=O) groups is 1. The van der Waals surface area contributed by atoms with Crippen LogP contribution in [0.5, 0.6) is 0 Å². The summed E-state index contributed by atoms with van der Waals surface area (Å²) in [7, 11) is 0. The normalized spacial score (nSPS) is 18.3. The molecular weight excluding hydrogens is 264 g/mol. The Labute approximate surface area is 127 Å². The molecule has 0 radical (unpaired) electrons. The van der Waals surface area contributed by atoms with Crippen LogP contribution in [-0.2, 0) is 9.53 Å². The number of nitrogens with zero attached hydrogens (tertiary/aromatic N) is 1. The second kappa shape index (κ2) is 7.57. The number of morpholine rings is 1. The van der Waals surface area contributed by atoms with Crippen LogP contribution in [0.3, 0.4) is 0 Å². The smallest absolute Gasteiger partial charge is 0.239 e. The zero-order valence-corrected chi connectivity index (χ0v) is 13.3. The summed E-state index contributed by atoms with van der Waals surface area (Å²) in [5.41, 5.74) is 2.47. The fourth-order valence-electron chi connectivity index (χ4n) is 2.71. The van der Waals surface area contributed by atoms with E-state index in [1.165, 1.54) is 11.1 Å². The van der Waals surface area contributed by atoms with Gasteiger partial charge in [0.2, 0.25) is 5.91 Å². The van der Waals surface area contributed by atoms with E-state index in [0.717, 1.165) is 6.42 Å². The molecule has 0 aliphatic carbocycles. The number of aryl methyl sites for hydroxylation is 1. The molecule has 1 saturated heterocycles. The lowest BCUT2D eigenvalue weighted by molar-refractivity contribution is -0.137. The molecule has 0 aromatic heterocycles. The van der Waals surface area contributed by atoms with Crippen LogP contribution in [0.2, 0.25) is 0 Å². The Morgan fingerprint density at radius 2 is 2.10 bits per heavy atom. The van der Waals surface area contributed by atoms with Crippen molar-refractivity contribution in [1.82, 2.24) is 10.2 Å². The van der Waals surface area contributed by atoms with Crippen molar-refractivity contribution in [2.24, 2.45) is 0 Å². The zero-order chi connectivity index (χ0) is 15.2. The standard InChI is InChI=1S/C17H26N2O2/c1-4-16(17(20)19-8-10-21-11-9-19)18-14(3)15-7-5-6-13(2)12-15/h5-7,12,14,16,18H,4,8-11H2,1-3H3/t14-,16-/m1/s1. The summed E-state index contributed by atoms with van der Waals surface area (Å²) in [5.74, 6) is 0.195. The topological polar surface area (TPSA) is 41.6 Å². The first-order chi connectivity index (χ1) is 10.1. The lowest BCUT2D eigenvalue weighted by Gasteiger charge is -2.31. The largest absolute Gasteiger partial charge is 0.378 e. The van der Waals surface area contributed by atoms with Crippen molar-refractivity contribution in [2.75, 3.05) is 26.3 Å². The Balaban J connectivity index is 1.99. The average molecular weight is 290 g/mol. The van der Waals surface area contributed by atoms with Crippen LogP contribution in [0, 0.1) is 6.92 Å². The van der Waals surface area contributed by atoms with E-state index in [9.17, 15) is 4.79 Å². The van der Waals surface area contributed by atoms with Crippen LogP contribution in [0.15, 0.2) is 24.3 Å². The average Bonchev–Trinajstić information content (AvgIpc) is 2.52. The molecule has 0 saturated carbocycles. The van der Waals surface area contributed by atoms with Crippen LogP contribution in [-0.4, -0.2) is 43.2 Å². The van der Waals surface area contributed by atoms with Crippen LogP contribution in [0.1, 0.15) is 37.4 Å². The van der Waals surface area contributed by atoms with Crippen LogP contribution in [0.25, 0.3) is 0 Å². The van der Waals surface area contributed by atoms with E-state index in [1.54, 1.807) is 0 Å². The number of hydrogen-bond donors (Lipinski definition) is 1. The van der Waals surface area contributed by atoms with Crippen LogP contribution < -0.4 is 5.32 Å². The lowest BCUT2D eigenvalue weighted by Crippen LogP contribution is -2.50. The number of benzene rings is 1. The summed E-state index contributed by atoms with van der Waals surface area (Å²) in [6.07, 6.45) is 0.798. The molecule has 116 valence electrons. The van der Waals surface area contributed by atoms with E-state index in [2.05, 4.69) is 50.4 Å². The summed E-state index contributed by atoms with van der Waals surface area (Å²) in [4.78, 5) is 14.5. The number of nitrogens with one attached hydrogen (secondary N) is 1. The van der Waals surface area contributed by atoms with Crippen molar-refractivity contribution in [1.29, 1.82) is 0 Å². The van der Waals surface area contributed by atoms with Gasteiger partial charge < -0.3 is 9.64 Å². The van der Waals surface area contributed by atoms with Gasteiger partial charge in [0.15, 0.2) is 0 Å². The molecule has 1 aromatic carbocycles. The van der Waals surface area contributed by atoms with Gasteiger partial charge in [-0.3, -0.25) is 10.1 Å². The Kier molecular flexibility index (Phi) is 5.76. The van der Waals surface area contributed by atoms with Crippen LogP contribution in [0.4, 0.5) is 0 Å². The molecule has 1 fully saturated rings. The van der Waals surface area contributed by atoms with Crippen molar-refractivity contribution in [2.45, 2.75) is 39.3 Å². The minimum absolute atomic E-state index is 0.126. The van der Waals surface area contributed by atoms with Gasteiger partial charge in [0.1, 0.15) is 0 Å². The number of carbonyl (C=O) groups excluding carboxylic acids is 1. The van der Waals surface area contributed by atoms with Crippen molar-refractivity contribution >= 4 is 5.91 Å². The van der Waals surface area contributed by atoms with E-state index in [4.69, 9.17) is 4.74 Å². The Morgan fingerprint density at radius 1 is 1.38 bits per heavy atom. The third kappa shape index (κ3) is 4.29. The lowest BCUT2D eigenvalue weighted by atomic mass is 10.0. The third-order valence-corrected chi connectivity index (χ3v) is 4.02. The first-order valence-electron chi connectivity index (χ1n) is 7.81.